The van der Waals surface area contributed by atoms with Crippen LogP contribution in [0, 0.1) is 25.6 Å². The Morgan fingerprint density at radius 1 is 1.00 bits per heavy atom. The van der Waals surface area contributed by atoms with Crippen LogP contribution in [0.5, 0.6) is 0 Å². The minimum atomic E-state index is -3.76. The number of carbonyl (C=O) groups is 2. The zero-order valence-corrected chi connectivity index (χ0v) is 20.4. The van der Waals surface area contributed by atoms with Gasteiger partial charge in [0.1, 0.15) is 5.82 Å². The van der Waals surface area contributed by atoms with Gasteiger partial charge in [-0.05, 0) is 69.2 Å². The molecule has 0 radical (unpaired) electrons. The summed E-state index contributed by atoms with van der Waals surface area (Å²) in [6.45, 7) is 3.69. The van der Waals surface area contributed by atoms with Gasteiger partial charge < -0.3 is 9.30 Å². The van der Waals surface area contributed by atoms with Gasteiger partial charge in [-0.1, -0.05) is 18.2 Å². The van der Waals surface area contributed by atoms with Crippen LogP contribution >= 0.6 is 0 Å². The lowest BCUT2D eigenvalue weighted by molar-refractivity contribution is -0.148. The van der Waals surface area contributed by atoms with Crippen molar-refractivity contribution in [1.29, 1.82) is 0 Å². The Balaban J connectivity index is 1.34. The van der Waals surface area contributed by atoms with Gasteiger partial charge in [-0.15, -0.1) is 0 Å². The summed E-state index contributed by atoms with van der Waals surface area (Å²) in [4.78, 5) is 25.4. The molecule has 3 aromatic rings. The molecule has 0 atom stereocenters. The molecule has 0 saturated carbocycles. The number of hydrogen-bond donors (Lipinski definition) is 0. The van der Waals surface area contributed by atoms with E-state index in [4.69, 9.17) is 4.74 Å². The molecular formula is C26H27FN2O5S. The van der Waals surface area contributed by atoms with E-state index in [-0.39, 0.29) is 43.2 Å². The fourth-order valence-corrected chi connectivity index (χ4v) is 5.91. The molecule has 4 rings (SSSR count). The maximum Gasteiger partial charge on any atom is 0.309 e. The maximum atomic E-state index is 13.1. The molecule has 0 N–H and O–H groups in total. The predicted molar refractivity (Wildman–Crippen MR) is 128 cm³/mol. The van der Waals surface area contributed by atoms with Gasteiger partial charge in [0.25, 0.3) is 0 Å². The molecule has 0 bridgehead atoms. The van der Waals surface area contributed by atoms with E-state index in [2.05, 4.69) is 0 Å². The van der Waals surface area contributed by atoms with Crippen LogP contribution in [0.4, 0.5) is 4.39 Å². The smallest absolute Gasteiger partial charge is 0.309 e. The van der Waals surface area contributed by atoms with Crippen LogP contribution in [-0.4, -0.2) is 48.7 Å². The number of esters is 1. The second kappa shape index (κ2) is 10.1. The third-order valence-corrected chi connectivity index (χ3v) is 8.24. The molecule has 0 amide bonds. The van der Waals surface area contributed by atoms with Crippen molar-refractivity contribution in [2.45, 2.75) is 31.6 Å². The van der Waals surface area contributed by atoms with Gasteiger partial charge in [0.15, 0.2) is 6.61 Å². The maximum absolute atomic E-state index is 13.1. The quantitative estimate of drug-likeness (QED) is 0.362. The number of ether oxygens (including phenoxy) is 1. The lowest BCUT2D eigenvalue weighted by atomic mass is 9.98. The molecule has 1 aliphatic rings. The Bertz CT molecular complexity index is 1330. The Labute approximate surface area is 204 Å². The highest BCUT2D eigenvalue weighted by Crippen LogP contribution is 2.25. The minimum absolute atomic E-state index is 0.0126. The first-order chi connectivity index (χ1) is 16.7. The average molecular weight is 499 g/mol. The Morgan fingerprint density at radius 3 is 2.26 bits per heavy atom. The first kappa shape index (κ1) is 24.8. The van der Waals surface area contributed by atoms with Crippen molar-refractivity contribution in [3.05, 3.63) is 83.4 Å². The molecule has 0 unspecified atom stereocenters. The van der Waals surface area contributed by atoms with Crippen molar-refractivity contribution in [1.82, 2.24) is 8.87 Å². The lowest BCUT2D eigenvalue weighted by Crippen LogP contribution is -2.40. The van der Waals surface area contributed by atoms with Crippen molar-refractivity contribution in [3.63, 3.8) is 0 Å². The van der Waals surface area contributed by atoms with Gasteiger partial charge in [0.05, 0.1) is 10.8 Å². The third-order valence-electron chi connectivity index (χ3n) is 6.33. The lowest BCUT2D eigenvalue weighted by Gasteiger charge is -2.30. The number of para-hydroxylation sites is 1. The molecule has 1 saturated heterocycles. The van der Waals surface area contributed by atoms with E-state index >= 15 is 0 Å². The highest BCUT2D eigenvalue weighted by molar-refractivity contribution is 7.89. The molecule has 1 aromatic heterocycles. The van der Waals surface area contributed by atoms with E-state index < -0.39 is 27.7 Å². The van der Waals surface area contributed by atoms with E-state index in [1.807, 2.05) is 48.7 Å². The largest absolute Gasteiger partial charge is 0.457 e. The number of Topliss-reactive ketones (excluding diaryl/α,β-unsaturated/α-hetero) is 1. The molecule has 0 aliphatic carbocycles. The monoisotopic (exact) mass is 498 g/mol. The predicted octanol–water partition coefficient (Wildman–Crippen LogP) is 4.06. The second-order valence-electron chi connectivity index (χ2n) is 8.62. The molecular weight excluding hydrogens is 471 g/mol. The van der Waals surface area contributed by atoms with Crippen LogP contribution in [0.3, 0.4) is 0 Å². The van der Waals surface area contributed by atoms with Crippen LogP contribution in [0.15, 0.2) is 65.6 Å². The van der Waals surface area contributed by atoms with Crippen LogP contribution in [0.25, 0.3) is 5.69 Å². The van der Waals surface area contributed by atoms with E-state index in [0.29, 0.717) is 5.56 Å². The molecule has 7 nitrogen and oxygen atoms in total. The van der Waals surface area contributed by atoms with Crippen LogP contribution in [0.2, 0.25) is 0 Å². The topological polar surface area (TPSA) is 85.7 Å². The molecule has 0 spiro atoms. The van der Waals surface area contributed by atoms with Crippen molar-refractivity contribution < 1.29 is 27.1 Å². The number of halogens is 1. The average Bonchev–Trinajstić information content (AvgIpc) is 3.17. The Hall–Kier alpha value is -3.30. The normalized spacial score (nSPS) is 15.2. The fourth-order valence-electron chi connectivity index (χ4n) is 4.44. The number of aromatic nitrogens is 1. The first-order valence-electron chi connectivity index (χ1n) is 11.4. The number of aryl methyl sites for hydroxylation is 1. The molecule has 2 aromatic carbocycles. The fraction of sp³-hybridized carbons (Fsp3) is 0.308. The summed E-state index contributed by atoms with van der Waals surface area (Å²) >= 11 is 0. The minimum Gasteiger partial charge on any atom is -0.457 e. The van der Waals surface area contributed by atoms with Gasteiger partial charge in [0.2, 0.25) is 15.8 Å². The van der Waals surface area contributed by atoms with E-state index in [9.17, 15) is 22.4 Å². The summed E-state index contributed by atoms with van der Waals surface area (Å²) in [6, 6.07) is 16.1. The number of piperidine rings is 1. The molecule has 2 heterocycles. The highest BCUT2D eigenvalue weighted by atomic mass is 32.2. The van der Waals surface area contributed by atoms with E-state index in [1.54, 1.807) is 6.07 Å². The second-order valence-corrected chi connectivity index (χ2v) is 10.6. The van der Waals surface area contributed by atoms with Crippen molar-refractivity contribution >= 4 is 21.8 Å². The highest BCUT2D eigenvalue weighted by Gasteiger charge is 2.33. The summed E-state index contributed by atoms with van der Waals surface area (Å²) < 4.78 is 47.2. The molecule has 9 heteroatoms. The Kier molecular flexibility index (Phi) is 7.18. The van der Waals surface area contributed by atoms with Crippen molar-refractivity contribution in [2.24, 2.45) is 5.92 Å². The SMILES string of the molecule is Cc1cc(C(=O)COC(=O)C2CCN(S(=O)(=O)c3ccc(F)cc3)CC2)c(C)n1-c1ccccc1. The first-order valence-corrected chi connectivity index (χ1v) is 12.8. The zero-order valence-electron chi connectivity index (χ0n) is 19.6. The zero-order chi connectivity index (χ0) is 25.2. The van der Waals surface area contributed by atoms with Gasteiger partial charge in [0, 0.05) is 35.7 Å². The van der Waals surface area contributed by atoms with Crippen LogP contribution < -0.4 is 0 Å². The number of ketones is 1. The number of rotatable bonds is 7. The van der Waals surface area contributed by atoms with Crippen molar-refractivity contribution in [3.8, 4) is 5.69 Å². The van der Waals surface area contributed by atoms with E-state index in [1.165, 1.54) is 16.4 Å². The van der Waals surface area contributed by atoms with Gasteiger partial charge >= 0.3 is 5.97 Å². The summed E-state index contributed by atoms with van der Waals surface area (Å²) in [5.41, 5.74) is 3.12. The molecule has 1 fully saturated rings. The van der Waals surface area contributed by atoms with Gasteiger partial charge in [-0.25, -0.2) is 12.8 Å². The van der Waals surface area contributed by atoms with Crippen molar-refractivity contribution in [2.75, 3.05) is 19.7 Å². The third kappa shape index (κ3) is 5.21. The molecule has 1 aliphatic heterocycles. The summed E-state index contributed by atoms with van der Waals surface area (Å²) in [5, 5.41) is 0. The van der Waals surface area contributed by atoms with E-state index in [0.717, 1.165) is 29.2 Å². The van der Waals surface area contributed by atoms with Crippen LogP contribution in [0.1, 0.15) is 34.6 Å². The number of nitrogens with zero attached hydrogens (tertiary/aromatic N) is 2. The summed E-state index contributed by atoms with van der Waals surface area (Å²) in [6.07, 6.45) is 0.575. The summed E-state index contributed by atoms with van der Waals surface area (Å²) in [7, 11) is -3.76. The number of carbonyl (C=O) groups excluding carboxylic acids is 2. The molecule has 35 heavy (non-hydrogen) atoms. The van der Waals surface area contributed by atoms with Gasteiger partial charge in [-0.2, -0.15) is 4.31 Å². The number of benzene rings is 2. The standard InChI is InChI=1S/C26H27FN2O5S/c1-18-16-24(19(2)29(18)22-6-4-3-5-7-22)25(30)17-34-26(31)20-12-14-28(15-13-20)35(32,33)23-10-8-21(27)9-11-23/h3-11,16,20H,12-15,17H2,1-2H3. The van der Waals surface area contributed by atoms with Gasteiger partial charge in [-0.3, -0.25) is 9.59 Å². The van der Waals surface area contributed by atoms with Crippen LogP contribution in [-0.2, 0) is 19.6 Å². The number of hydrogen-bond acceptors (Lipinski definition) is 5. The Morgan fingerprint density at radius 2 is 1.63 bits per heavy atom. The molecule has 184 valence electrons. The summed E-state index contributed by atoms with van der Waals surface area (Å²) in [5.74, 6) is -1.79. The number of sulfonamides is 1.